The number of hydrogen-bond acceptors (Lipinski definition) is 12. The maximum absolute atomic E-state index is 11.5. The van der Waals surface area contributed by atoms with Crippen LogP contribution in [0.5, 0.6) is 0 Å². The second-order valence-corrected chi connectivity index (χ2v) is 7.57. The van der Waals surface area contributed by atoms with Crippen LogP contribution < -0.4 is 22.5 Å². The van der Waals surface area contributed by atoms with Crippen LogP contribution in [0.4, 0.5) is 0 Å². The van der Waals surface area contributed by atoms with Gasteiger partial charge < -0.3 is 50.1 Å². The summed E-state index contributed by atoms with van der Waals surface area (Å²) in [5, 5.41) is 56.2. The molecule has 2 aliphatic rings. The van der Waals surface area contributed by atoms with Crippen LogP contribution in [0.15, 0.2) is 31.6 Å². The van der Waals surface area contributed by atoms with Gasteiger partial charge in [0.25, 0.3) is 11.1 Å². The van der Waals surface area contributed by atoms with Gasteiger partial charge in [0, 0.05) is 12.4 Å². The summed E-state index contributed by atoms with van der Waals surface area (Å²) < 4.78 is 10.3. The van der Waals surface area contributed by atoms with E-state index in [0.29, 0.717) is 0 Å². The molecule has 0 aromatic carbocycles. The molecule has 10 N–H and O–H groups in total. The quantitative estimate of drug-likeness (QED) is 0.193. The average Bonchev–Trinajstić information content (AvgIpc) is 3.24. The van der Waals surface area contributed by atoms with Crippen molar-refractivity contribution in [3.63, 3.8) is 0 Å². The summed E-state index contributed by atoms with van der Waals surface area (Å²) in [6.07, 6.45) is -7.08. The maximum Gasteiger partial charge on any atom is 0.325 e. The molecular formula is C18H24N4O12. The number of aliphatic hydroxyl groups is 6. The molecule has 0 bridgehead atoms. The van der Waals surface area contributed by atoms with E-state index in [1.165, 1.54) is 0 Å². The summed E-state index contributed by atoms with van der Waals surface area (Å²) in [6, 6.07) is 0. The van der Waals surface area contributed by atoms with Gasteiger partial charge in [-0.05, 0) is 0 Å². The number of aromatic nitrogens is 4. The van der Waals surface area contributed by atoms with Gasteiger partial charge in [0.1, 0.15) is 48.8 Å². The zero-order valence-corrected chi connectivity index (χ0v) is 17.3. The molecule has 4 rings (SSSR count). The molecular weight excluding hydrogens is 464 g/mol. The fraction of sp³-hybridized carbons (Fsp3) is 0.556. The molecule has 16 nitrogen and oxygen atoms in total. The Bertz CT molecular complexity index is 1110. The number of H-pyrrole nitrogens is 4. The SMILES string of the molecule is O=c1[nH]cc(C2O[C@H](CO)[C@@H](O)[C@H]2O)c(=O)[nH]1.O=c1[nH]cc([C@@H]2O[C@H](CO)[C@@H](O)[C@H]2O)c(=O)[nH]1. The lowest BCUT2D eigenvalue weighted by Gasteiger charge is -2.13. The van der Waals surface area contributed by atoms with Crippen molar-refractivity contribution in [3.8, 4) is 0 Å². The highest BCUT2D eigenvalue weighted by Crippen LogP contribution is 2.32. The minimum Gasteiger partial charge on any atom is -0.394 e. The molecule has 2 aromatic heterocycles. The molecule has 2 aromatic rings. The Morgan fingerprint density at radius 1 is 0.647 bits per heavy atom. The van der Waals surface area contributed by atoms with Crippen molar-refractivity contribution in [1.29, 1.82) is 0 Å². The third-order valence-electron chi connectivity index (χ3n) is 5.39. The molecule has 8 atom stereocenters. The largest absolute Gasteiger partial charge is 0.394 e. The van der Waals surface area contributed by atoms with E-state index in [1.54, 1.807) is 0 Å². The Labute approximate surface area is 188 Å². The zero-order chi connectivity index (χ0) is 25.2. The van der Waals surface area contributed by atoms with Crippen molar-refractivity contribution in [2.75, 3.05) is 13.2 Å². The fourth-order valence-electron chi connectivity index (χ4n) is 3.58. The molecule has 2 saturated heterocycles. The number of hydrogen-bond donors (Lipinski definition) is 10. The van der Waals surface area contributed by atoms with Crippen molar-refractivity contribution >= 4 is 0 Å². The minimum absolute atomic E-state index is 0.00731. The third kappa shape index (κ3) is 5.08. The van der Waals surface area contributed by atoms with Gasteiger partial charge in [0.15, 0.2) is 0 Å². The van der Waals surface area contributed by atoms with Gasteiger partial charge in [-0.15, -0.1) is 0 Å². The van der Waals surface area contributed by atoms with Crippen molar-refractivity contribution in [2.45, 2.75) is 48.8 Å². The monoisotopic (exact) mass is 488 g/mol. The molecule has 0 spiro atoms. The lowest BCUT2D eigenvalue weighted by Crippen LogP contribution is -2.34. The molecule has 2 fully saturated rings. The van der Waals surface area contributed by atoms with Crippen molar-refractivity contribution in [3.05, 3.63) is 65.2 Å². The van der Waals surface area contributed by atoms with Crippen molar-refractivity contribution in [1.82, 2.24) is 19.9 Å². The van der Waals surface area contributed by atoms with E-state index < -0.39 is 84.5 Å². The predicted octanol–water partition coefficient (Wildman–Crippen LogP) is -5.57. The highest BCUT2D eigenvalue weighted by molar-refractivity contribution is 5.14. The predicted molar refractivity (Wildman–Crippen MR) is 109 cm³/mol. The first-order valence-corrected chi connectivity index (χ1v) is 9.97. The highest BCUT2D eigenvalue weighted by atomic mass is 16.6. The van der Waals surface area contributed by atoms with Gasteiger partial charge >= 0.3 is 11.4 Å². The first kappa shape index (κ1) is 25.7. The number of nitrogens with one attached hydrogen (secondary N) is 4. The summed E-state index contributed by atoms with van der Waals surface area (Å²) in [4.78, 5) is 53.0. The van der Waals surface area contributed by atoms with Crippen LogP contribution in [-0.4, -0.2) is 100 Å². The van der Waals surface area contributed by atoms with Crippen LogP contribution in [0, 0.1) is 0 Å². The van der Waals surface area contributed by atoms with E-state index in [4.69, 9.17) is 19.7 Å². The standard InChI is InChI=1S/2C9H12N2O6/c2*12-2-4-5(13)6(14)7(17-4)3-1-10-9(16)11-8(3)15/h2*1,4-7,12-14H,2H2,(H2,10,11,15,16)/t4-,5-,6-,7?;4-,5-,6-,7+/m11/s1. The topological polar surface area (TPSA) is 271 Å². The van der Waals surface area contributed by atoms with Gasteiger partial charge in [-0.3, -0.25) is 19.6 Å². The van der Waals surface area contributed by atoms with Crippen LogP contribution in [0.3, 0.4) is 0 Å². The van der Waals surface area contributed by atoms with E-state index in [1.807, 2.05) is 9.97 Å². The van der Waals surface area contributed by atoms with Crippen LogP contribution in [0.1, 0.15) is 23.3 Å². The van der Waals surface area contributed by atoms with Crippen LogP contribution in [-0.2, 0) is 9.47 Å². The Balaban J connectivity index is 0.000000191. The number of aromatic amines is 4. The Hall–Kier alpha value is -2.96. The second-order valence-electron chi connectivity index (χ2n) is 7.57. The minimum atomic E-state index is -1.33. The van der Waals surface area contributed by atoms with E-state index >= 15 is 0 Å². The van der Waals surface area contributed by atoms with Gasteiger partial charge in [0.2, 0.25) is 0 Å². The molecule has 2 aliphatic heterocycles. The molecule has 1 unspecified atom stereocenters. The first-order chi connectivity index (χ1) is 16.1. The van der Waals surface area contributed by atoms with Crippen molar-refractivity contribution in [2.24, 2.45) is 0 Å². The average molecular weight is 488 g/mol. The first-order valence-electron chi connectivity index (χ1n) is 9.97. The van der Waals surface area contributed by atoms with Gasteiger partial charge in [-0.1, -0.05) is 0 Å². The molecule has 188 valence electrons. The summed E-state index contributed by atoms with van der Waals surface area (Å²) >= 11 is 0. The number of rotatable bonds is 4. The third-order valence-corrected chi connectivity index (χ3v) is 5.39. The smallest absolute Gasteiger partial charge is 0.325 e. The number of ether oxygens (including phenoxy) is 2. The molecule has 16 heteroatoms. The zero-order valence-electron chi connectivity index (χ0n) is 17.3. The molecule has 4 heterocycles. The lowest BCUT2D eigenvalue weighted by molar-refractivity contribution is -0.0232. The molecule has 0 radical (unpaired) electrons. The summed E-state index contributed by atoms with van der Waals surface area (Å²) in [6.45, 7) is -0.952. The van der Waals surface area contributed by atoms with E-state index in [2.05, 4.69) is 9.97 Å². The normalized spacial score (nSPS) is 32.9. The van der Waals surface area contributed by atoms with E-state index in [-0.39, 0.29) is 11.1 Å². The number of aliphatic hydroxyl groups excluding tert-OH is 6. The second kappa shape index (κ2) is 10.5. The Morgan fingerprint density at radius 2 is 1.00 bits per heavy atom. The summed E-state index contributed by atoms with van der Waals surface area (Å²) in [5.41, 5.74) is -2.78. The molecule has 0 amide bonds. The maximum atomic E-state index is 11.5. The fourth-order valence-corrected chi connectivity index (χ4v) is 3.58. The summed E-state index contributed by atoms with van der Waals surface area (Å²) in [7, 11) is 0. The van der Waals surface area contributed by atoms with Gasteiger partial charge in [-0.25, -0.2) is 9.59 Å². The highest BCUT2D eigenvalue weighted by Gasteiger charge is 2.45. The summed E-state index contributed by atoms with van der Waals surface area (Å²) in [5.74, 6) is 0. The van der Waals surface area contributed by atoms with Crippen LogP contribution in [0.25, 0.3) is 0 Å². The molecule has 0 saturated carbocycles. The van der Waals surface area contributed by atoms with E-state index in [9.17, 15) is 39.6 Å². The Kier molecular flexibility index (Phi) is 7.95. The molecule has 34 heavy (non-hydrogen) atoms. The van der Waals surface area contributed by atoms with Gasteiger partial charge in [-0.2, -0.15) is 0 Å². The molecule has 0 aliphatic carbocycles. The van der Waals surface area contributed by atoms with Crippen LogP contribution >= 0.6 is 0 Å². The van der Waals surface area contributed by atoms with E-state index in [0.717, 1.165) is 12.4 Å². The lowest BCUT2D eigenvalue weighted by atomic mass is 10.0. The van der Waals surface area contributed by atoms with Crippen LogP contribution in [0.2, 0.25) is 0 Å². The van der Waals surface area contributed by atoms with Gasteiger partial charge in [0.05, 0.1) is 24.3 Å². The van der Waals surface area contributed by atoms with Crippen molar-refractivity contribution < 1.29 is 40.1 Å². The Morgan fingerprint density at radius 3 is 1.26 bits per heavy atom.